The molecule has 0 radical (unpaired) electrons. The van der Waals surface area contributed by atoms with Crippen molar-refractivity contribution in [3.8, 4) is 0 Å². The Kier molecular flexibility index (Phi) is 2.52. The molecule has 12 heavy (non-hydrogen) atoms. The summed E-state index contributed by atoms with van der Waals surface area (Å²) in [6.45, 7) is 0. The van der Waals surface area contributed by atoms with E-state index < -0.39 is 7.12 Å². The number of H-pyrrole nitrogens is 1. The fourth-order valence-electron chi connectivity index (χ4n) is 0.836. The van der Waals surface area contributed by atoms with Gasteiger partial charge in [0.1, 0.15) is 0 Å². The molecule has 1 amide bonds. The normalized spacial score (nSPS) is 9.58. The Balaban J connectivity index is 2.84. The number of aromatic nitrogens is 1. The van der Waals surface area contributed by atoms with Crippen LogP contribution in [0.5, 0.6) is 0 Å². The molecule has 6 heteroatoms. The van der Waals surface area contributed by atoms with E-state index >= 15 is 0 Å². The maximum atomic E-state index is 11.0. The number of rotatable bonds is 2. The standard InChI is InChI=1S/C6H9BN2O3/c1-8-6(10)4-2-5(7(11)12)9-3-4/h2-3,9,11-12H,1H3,(H,8,10). The van der Waals surface area contributed by atoms with Crippen LogP contribution >= 0.6 is 0 Å². The van der Waals surface area contributed by atoms with E-state index in [0.717, 1.165) is 0 Å². The molecule has 0 aromatic carbocycles. The van der Waals surface area contributed by atoms with Crippen molar-refractivity contribution < 1.29 is 14.8 Å². The second-order valence-corrected chi connectivity index (χ2v) is 2.30. The van der Waals surface area contributed by atoms with E-state index in [-0.39, 0.29) is 11.5 Å². The molecular formula is C6H9BN2O3. The van der Waals surface area contributed by atoms with Crippen LogP contribution in [0.4, 0.5) is 0 Å². The number of carbonyl (C=O) groups is 1. The maximum absolute atomic E-state index is 11.0. The van der Waals surface area contributed by atoms with E-state index in [1.807, 2.05) is 0 Å². The van der Waals surface area contributed by atoms with Gasteiger partial charge in [0.25, 0.3) is 5.91 Å². The molecule has 0 bridgehead atoms. The summed E-state index contributed by atoms with van der Waals surface area (Å²) in [6.07, 6.45) is 1.41. The summed E-state index contributed by atoms with van der Waals surface area (Å²) in [5.74, 6) is -0.266. The van der Waals surface area contributed by atoms with E-state index in [2.05, 4.69) is 10.3 Å². The van der Waals surface area contributed by atoms with Gasteiger partial charge in [0.15, 0.2) is 0 Å². The molecule has 0 spiro atoms. The lowest BCUT2D eigenvalue weighted by Gasteiger charge is -1.92. The molecule has 5 nitrogen and oxygen atoms in total. The molecule has 0 aliphatic rings. The van der Waals surface area contributed by atoms with Gasteiger partial charge in [0, 0.05) is 18.8 Å². The molecule has 0 unspecified atom stereocenters. The van der Waals surface area contributed by atoms with E-state index in [0.29, 0.717) is 5.56 Å². The first kappa shape index (κ1) is 8.83. The monoisotopic (exact) mass is 168 g/mol. The highest BCUT2D eigenvalue weighted by Crippen LogP contribution is 1.93. The van der Waals surface area contributed by atoms with Crippen LogP contribution in [-0.2, 0) is 0 Å². The summed E-state index contributed by atoms with van der Waals surface area (Å²) >= 11 is 0. The lowest BCUT2D eigenvalue weighted by atomic mass is 9.86. The first-order chi connectivity index (χ1) is 5.65. The van der Waals surface area contributed by atoms with Crippen LogP contribution in [0.3, 0.4) is 0 Å². The van der Waals surface area contributed by atoms with Gasteiger partial charge in [0.05, 0.1) is 5.56 Å². The minimum Gasteiger partial charge on any atom is -0.422 e. The number of carbonyl (C=O) groups excluding carboxylic acids is 1. The Bertz CT molecular complexity index is 284. The van der Waals surface area contributed by atoms with E-state index in [4.69, 9.17) is 10.0 Å². The molecule has 0 fully saturated rings. The molecule has 1 aromatic heterocycles. The van der Waals surface area contributed by atoms with Crippen molar-refractivity contribution in [1.82, 2.24) is 10.3 Å². The van der Waals surface area contributed by atoms with Crippen LogP contribution in [0.2, 0.25) is 0 Å². The molecule has 0 aliphatic carbocycles. The minimum atomic E-state index is -1.57. The van der Waals surface area contributed by atoms with Gasteiger partial charge in [0.2, 0.25) is 0 Å². The Hall–Kier alpha value is -1.27. The van der Waals surface area contributed by atoms with E-state index in [1.165, 1.54) is 19.3 Å². The summed E-state index contributed by atoms with van der Waals surface area (Å²) in [6, 6.07) is 1.38. The number of hydrogen-bond donors (Lipinski definition) is 4. The number of aromatic amines is 1. The van der Waals surface area contributed by atoms with Crippen LogP contribution in [0.1, 0.15) is 10.4 Å². The van der Waals surface area contributed by atoms with Crippen LogP contribution in [0.15, 0.2) is 12.3 Å². The highest BCUT2D eigenvalue weighted by Gasteiger charge is 2.15. The van der Waals surface area contributed by atoms with Gasteiger partial charge >= 0.3 is 7.12 Å². The number of nitrogens with one attached hydrogen (secondary N) is 2. The van der Waals surface area contributed by atoms with Crippen molar-refractivity contribution in [3.05, 3.63) is 17.8 Å². The molecule has 0 aliphatic heterocycles. The summed E-state index contributed by atoms with van der Waals surface area (Å²) in [5.41, 5.74) is 0.578. The SMILES string of the molecule is CNC(=O)c1c[nH]c(B(O)O)c1. The summed E-state index contributed by atoms with van der Waals surface area (Å²) < 4.78 is 0. The van der Waals surface area contributed by atoms with Crippen LogP contribution in [0, 0.1) is 0 Å². The van der Waals surface area contributed by atoms with Crippen molar-refractivity contribution in [2.24, 2.45) is 0 Å². The quantitative estimate of drug-likeness (QED) is 0.387. The van der Waals surface area contributed by atoms with Crippen molar-refractivity contribution in [2.75, 3.05) is 7.05 Å². The van der Waals surface area contributed by atoms with Gasteiger partial charge < -0.3 is 20.3 Å². The molecular weight excluding hydrogens is 159 g/mol. The van der Waals surface area contributed by atoms with Crippen molar-refractivity contribution >= 4 is 18.6 Å². The molecule has 0 saturated carbocycles. The van der Waals surface area contributed by atoms with Crippen molar-refractivity contribution in [1.29, 1.82) is 0 Å². The van der Waals surface area contributed by atoms with Crippen molar-refractivity contribution in [3.63, 3.8) is 0 Å². The Morgan fingerprint density at radius 3 is 2.75 bits per heavy atom. The topological polar surface area (TPSA) is 85.4 Å². The summed E-state index contributed by atoms with van der Waals surface area (Å²) in [7, 11) is -0.0619. The zero-order valence-electron chi connectivity index (χ0n) is 6.53. The lowest BCUT2D eigenvalue weighted by molar-refractivity contribution is 0.0963. The van der Waals surface area contributed by atoms with Gasteiger partial charge in [-0.25, -0.2) is 0 Å². The van der Waals surface area contributed by atoms with E-state index in [9.17, 15) is 4.79 Å². The lowest BCUT2D eigenvalue weighted by Crippen LogP contribution is -2.30. The molecule has 1 heterocycles. The zero-order valence-corrected chi connectivity index (χ0v) is 6.53. The Labute approximate surface area is 69.6 Å². The predicted octanol–water partition coefficient (Wildman–Crippen LogP) is -1.95. The van der Waals surface area contributed by atoms with Crippen LogP contribution < -0.4 is 10.9 Å². The van der Waals surface area contributed by atoms with Gasteiger partial charge in [-0.2, -0.15) is 0 Å². The molecule has 64 valence electrons. The average Bonchev–Trinajstić information content (AvgIpc) is 2.51. The second kappa shape index (κ2) is 3.42. The van der Waals surface area contributed by atoms with Gasteiger partial charge in [-0.1, -0.05) is 0 Å². The second-order valence-electron chi connectivity index (χ2n) is 2.30. The Morgan fingerprint density at radius 1 is 1.67 bits per heavy atom. The summed E-state index contributed by atoms with van der Waals surface area (Å²) in [4.78, 5) is 13.5. The minimum absolute atomic E-state index is 0.202. The summed E-state index contributed by atoms with van der Waals surface area (Å²) in [5, 5.41) is 19.8. The van der Waals surface area contributed by atoms with E-state index in [1.54, 1.807) is 0 Å². The molecule has 1 aromatic rings. The third kappa shape index (κ3) is 1.66. The fourth-order valence-corrected chi connectivity index (χ4v) is 0.836. The maximum Gasteiger partial charge on any atom is 0.505 e. The molecule has 0 atom stereocenters. The number of hydrogen-bond acceptors (Lipinski definition) is 3. The fraction of sp³-hybridized carbons (Fsp3) is 0.167. The van der Waals surface area contributed by atoms with Gasteiger partial charge in [-0.15, -0.1) is 0 Å². The smallest absolute Gasteiger partial charge is 0.422 e. The average molecular weight is 168 g/mol. The molecule has 0 saturated heterocycles. The van der Waals surface area contributed by atoms with Gasteiger partial charge in [-0.3, -0.25) is 4.79 Å². The zero-order chi connectivity index (χ0) is 9.14. The van der Waals surface area contributed by atoms with Crippen LogP contribution in [-0.4, -0.2) is 35.1 Å². The molecule has 1 rings (SSSR count). The first-order valence-corrected chi connectivity index (χ1v) is 3.41. The van der Waals surface area contributed by atoms with Crippen LogP contribution in [0.25, 0.3) is 0 Å². The predicted molar refractivity (Wildman–Crippen MR) is 44.0 cm³/mol. The highest BCUT2D eigenvalue weighted by atomic mass is 16.4. The van der Waals surface area contributed by atoms with Gasteiger partial charge in [-0.05, 0) is 6.07 Å². The number of amides is 1. The third-order valence-electron chi connectivity index (χ3n) is 1.47. The third-order valence-corrected chi connectivity index (χ3v) is 1.47. The van der Waals surface area contributed by atoms with Crippen molar-refractivity contribution in [2.45, 2.75) is 0 Å². The Morgan fingerprint density at radius 2 is 2.33 bits per heavy atom. The largest absolute Gasteiger partial charge is 0.505 e. The molecule has 4 N–H and O–H groups in total. The first-order valence-electron chi connectivity index (χ1n) is 3.41. The highest BCUT2D eigenvalue weighted by molar-refractivity contribution is 6.57.